The Balaban J connectivity index is 0.000000339. The number of para-hydroxylation sites is 3. The Morgan fingerprint density at radius 3 is 0.720 bits per heavy atom. The molecule has 0 amide bonds. The second-order valence-electron chi connectivity index (χ2n) is 4.40. The molecule has 3 N–H and O–H groups in total. The summed E-state index contributed by atoms with van der Waals surface area (Å²) in [6.07, 6.45) is 0. The maximum absolute atomic E-state index is 9.88. The zero-order valence-electron chi connectivity index (χ0n) is 13.5. The molecule has 3 aromatic rings. The van der Waals surface area contributed by atoms with Crippen molar-refractivity contribution in [2.75, 3.05) is 16.4 Å². The van der Waals surface area contributed by atoms with Crippen molar-refractivity contribution in [3.63, 3.8) is 0 Å². The van der Waals surface area contributed by atoms with Crippen molar-refractivity contribution >= 4 is 34.4 Å². The zero-order chi connectivity index (χ0) is 17.5. The van der Waals surface area contributed by atoms with Crippen molar-refractivity contribution in [3.05, 3.63) is 107 Å². The smallest absolute Gasteiger partial charge is 0.761 e. The van der Waals surface area contributed by atoms with E-state index in [1.165, 1.54) is 0 Å². The minimum Gasteiger partial charge on any atom is -0.761 e. The van der Waals surface area contributed by atoms with E-state index in [0.717, 1.165) is 0 Å². The molecule has 7 heteroatoms. The van der Waals surface area contributed by atoms with Crippen LogP contribution in [0, 0.1) is 15.6 Å². The first-order chi connectivity index (χ1) is 11.8. The van der Waals surface area contributed by atoms with Crippen LogP contribution in [-0.2, 0) is 0 Å². The van der Waals surface area contributed by atoms with Gasteiger partial charge in [0.1, 0.15) is 0 Å². The second kappa shape index (κ2) is 15.0. The maximum Gasteiger partial charge on any atom is 3.00 e. The van der Waals surface area contributed by atoms with Crippen LogP contribution in [0.3, 0.4) is 0 Å². The summed E-state index contributed by atoms with van der Waals surface area (Å²) in [5.74, 6) is 0. The number of benzene rings is 3. The van der Waals surface area contributed by atoms with Gasteiger partial charge in [0, 0.05) is 17.1 Å². The van der Waals surface area contributed by atoms with Crippen molar-refractivity contribution in [2.45, 2.75) is 0 Å². The molecule has 0 bridgehead atoms. The molecule has 6 nitrogen and oxygen atoms in total. The summed E-state index contributed by atoms with van der Waals surface area (Å²) in [5.41, 5.74) is 7.14. The molecule has 0 fully saturated rings. The molecule has 0 aliphatic carbocycles. The monoisotopic (exact) mass is 351 g/mol. The zero-order valence-corrected chi connectivity index (χ0v) is 14.6. The maximum atomic E-state index is 9.88. The first kappa shape index (κ1) is 22.5. The Hall–Kier alpha value is -2.53. The standard InChI is InChI=1S/3C6H6NO.Al/c3*8-7-6-4-2-1-3-5-6;/h3*1-5,7H;/q3*-1;+3. The van der Waals surface area contributed by atoms with Crippen molar-refractivity contribution in [3.8, 4) is 0 Å². The van der Waals surface area contributed by atoms with Crippen LogP contribution in [0.5, 0.6) is 0 Å². The molecule has 126 valence electrons. The van der Waals surface area contributed by atoms with Gasteiger partial charge < -0.3 is 32.1 Å². The van der Waals surface area contributed by atoms with Gasteiger partial charge in [0.15, 0.2) is 0 Å². The quantitative estimate of drug-likeness (QED) is 0.477. The van der Waals surface area contributed by atoms with Crippen molar-refractivity contribution in [1.82, 2.24) is 0 Å². The molecule has 0 atom stereocenters. The van der Waals surface area contributed by atoms with Gasteiger partial charge in [-0.3, -0.25) is 0 Å². The number of rotatable bonds is 3. The summed E-state index contributed by atoms with van der Waals surface area (Å²) in [7, 11) is 0. The van der Waals surface area contributed by atoms with E-state index < -0.39 is 0 Å². The molecule has 0 aromatic heterocycles. The molecular formula is C18H18AlN3O3. The van der Waals surface area contributed by atoms with E-state index in [1.807, 2.05) is 18.2 Å². The third-order valence-electron chi connectivity index (χ3n) is 2.67. The predicted octanol–water partition coefficient (Wildman–Crippen LogP) is 4.41. The van der Waals surface area contributed by atoms with Crippen LogP contribution in [-0.4, -0.2) is 17.4 Å². The fourth-order valence-corrected chi connectivity index (χ4v) is 1.52. The van der Waals surface area contributed by atoms with Crippen LogP contribution >= 0.6 is 0 Å². The molecular weight excluding hydrogens is 333 g/mol. The number of anilines is 3. The Bertz CT molecular complexity index is 550. The van der Waals surface area contributed by atoms with Gasteiger partial charge in [-0.15, -0.1) is 0 Å². The number of nitrogens with one attached hydrogen (secondary N) is 3. The van der Waals surface area contributed by atoms with Crippen LogP contribution in [0.1, 0.15) is 0 Å². The Labute approximate surface area is 157 Å². The van der Waals surface area contributed by atoms with E-state index in [9.17, 15) is 15.6 Å². The van der Waals surface area contributed by atoms with Crippen LogP contribution in [0.15, 0.2) is 91.0 Å². The normalized spacial score (nSPS) is 8.28. The van der Waals surface area contributed by atoms with E-state index in [4.69, 9.17) is 0 Å². The van der Waals surface area contributed by atoms with E-state index in [1.54, 1.807) is 89.2 Å². The summed E-state index contributed by atoms with van der Waals surface area (Å²) in [6, 6.07) is 26.7. The summed E-state index contributed by atoms with van der Waals surface area (Å²) in [4.78, 5) is 0. The third-order valence-corrected chi connectivity index (χ3v) is 2.67. The third kappa shape index (κ3) is 10.8. The Kier molecular flexibility index (Phi) is 13.5. The van der Waals surface area contributed by atoms with E-state index in [0.29, 0.717) is 17.1 Å². The van der Waals surface area contributed by atoms with Crippen molar-refractivity contribution in [1.29, 1.82) is 0 Å². The summed E-state index contributed by atoms with van der Waals surface area (Å²) < 4.78 is 0. The molecule has 0 spiro atoms. The van der Waals surface area contributed by atoms with Crippen molar-refractivity contribution in [2.24, 2.45) is 0 Å². The Morgan fingerprint density at radius 2 is 0.600 bits per heavy atom. The molecule has 25 heavy (non-hydrogen) atoms. The fraction of sp³-hybridized carbons (Fsp3) is 0. The van der Waals surface area contributed by atoms with Gasteiger partial charge in [-0.05, 0) is 36.4 Å². The van der Waals surface area contributed by atoms with Gasteiger partial charge in [0.2, 0.25) is 0 Å². The van der Waals surface area contributed by atoms with Gasteiger partial charge in [0.25, 0.3) is 0 Å². The average molecular weight is 351 g/mol. The van der Waals surface area contributed by atoms with Crippen LogP contribution in [0.25, 0.3) is 0 Å². The van der Waals surface area contributed by atoms with Crippen LogP contribution < -0.4 is 16.4 Å². The largest absolute Gasteiger partial charge is 3.00 e. The minimum atomic E-state index is 0. The number of hydrogen-bond donors (Lipinski definition) is 3. The molecule has 0 unspecified atom stereocenters. The van der Waals surface area contributed by atoms with Gasteiger partial charge >= 0.3 is 17.4 Å². The van der Waals surface area contributed by atoms with E-state index in [2.05, 4.69) is 0 Å². The van der Waals surface area contributed by atoms with Gasteiger partial charge in [-0.2, -0.15) is 0 Å². The first-order valence-electron chi connectivity index (χ1n) is 7.09. The van der Waals surface area contributed by atoms with Crippen molar-refractivity contribution < 1.29 is 0 Å². The molecule has 3 rings (SSSR count). The van der Waals surface area contributed by atoms with Gasteiger partial charge in [-0.25, -0.2) is 0 Å². The van der Waals surface area contributed by atoms with E-state index >= 15 is 0 Å². The molecule has 3 aromatic carbocycles. The predicted molar refractivity (Wildman–Crippen MR) is 106 cm³/mol. The molecule has 0 saturated carbocycles. The molecule has 0 radical (unpaired) electrons. The first-order valence-corrected chi connectivity index (χ1v) is 7.09. The summed E-state index contributed by atoms with van der Waals surface area (Å²) in [6.45, 7) is 0. The molecule has 0 aliphatic rings. The molecule has 0 heterocycles. The molecule has 0 saturated heterocycles. The summed E-state index contributed by atoms with van der Waals surface area (Å²) >= 11 is 0. The molecule has 0 aliphatic heterocycles. The average Bonchev–Trinajstić information content (AvgIpc) is 2.71. The SMILES string of the molecule is [Al+3].[O-]Nc1ccccc1.[O-]Nc1ccccc1.[O-]Nc1ccccc1. The van der Waals surface area contributed by atoms with Crippen LogP contribution in [0.4, 0.5) is 17.1 Å². The van der Waals surface area contributed by atoms with Gasteiger partial charge in [-0.1, -0.05) is 54.6 Å². The topological polar surface area (TPSA) is 105 Å². The number of hydrogen-bond acceptors (Lipinski definition) is 6. The van der Waals surface area contributed by atoms with Gasteiger partial charge in [0.05, 0.1) is 0 Å². The van der Waals surface area contributed by atoms with Crippen LogP contribution in [0.2, 0.25) is 0 Å². The Morgan fingerprint density at radius 1 is 0.400 bits per heavy atom. The summed E-state index contributed by atoms with van der Waals surface area (Å²) in [5, 5.41) is 29.6. The second-order valence-corrected chi connectivity index (χ2v) is 4.40. The fourth-order valence-electron chi connectivity index (χ4n) is 1.52. The minimum absolute atomic E-state index is 0. The van der Waals surface area contributed by atoms with E-state index in [-0.39, 0.29) is 17.4 Å².